The molecule has 0 spiro atoms. The Labute approximate surface area is 104 Å². The maximum Gasteiger partial charge on any atom is 0.0674 e. The van der Waals surface area contributed by atoms with Gasteiger partial charge in [-0.25, -0.2) is 0 Å². The quantitative estimate of drug-likeness (QED) is 0.841. The van der Waals surface area contributed by atoms with Gasteiger partial charge in [0, 0.05) is 6.04 Å². The van der Waals surface area contributed by atoms with Crippen molar-refractivity contribution in [3.8, 4) is 0 Å². The second-order valence-electron chi connectivity index (χ2n) is 5.57. The van der Waals surface area contributed by atoms with Gasteiger partial charge in [0.25, 0.3) is 0 Å². The fraction of sp³-hybridized carbons (Fsp3) is 0.600. The van der Waals surface area contributed by atoms with Crippen LogP contribution in [0, 0.1) is 0 Å². The highest BCUT2D eigenvalue weighted by atomic mass is 16.3. The Kier molecular flexibility index (Phi) is 3.55. The average molecular weight is 233 g/mol. The van der Waals surface area contributed by atoms with Gasteiger partial charge in [-0.1, -0.05) is 31.2 Å². The Bertz CT molecular complexity index is 388. The fourth-order valence-electron chi connectivity index (χ4n) is 3.03. The predicted molar refractivity (Wildman–Crippen MR) is 71.1 cm³/mol. The third-order valence-corrected chi connectivity index (χ3v) is 3.85. The molecule has 0 bridgehead atoms. The van der Waals surface area contributed by atoms with E-state index in [0.717, 1.165) is 12.8 Å². The topological polar surface area (TPSA) is 32.3 Å². The van der Waals surface area contributed by atoms with Crippen LogP contribution in [0.3, 0.4) is 0 Å². The van der Waals surface area contributed by atoms with Crippen LogP contribution < -0.4 is 5.32 Å². The molecule has 2 atom stereocenters. The minimum atomic E-state index is -0.239. The lowest BCUT2D eigenvalue weighted by Crippen LogP contribution is -2.51. The monoisotopic (exact) mass is 233 g/mol. The van der Waals surface area contributed by atoms with Crippen LogP contribution in [0.4, 0.5) is 0 Å². The van der Waals surface area contributed by atoms with Gasteiger partial charge < -0.3 is 10.4 Å². The van der Waals surface area contributed by atoms with Crippen molar-refractivity contribution in [2.45, 2.75) is 51.1 Å². The number of rotatable bonds is 3. The molecule has 0 heterocycles. The Morgan fingerprint density at radius 1 is 1.41 bits per heavy atom. The van der Waals surface area contributed by atoms with Crippen LogP contribution in [-0.4, -0.2) is 17.8 Å². The van der Waals surface area contributed by atoms with Gasteiger partial charge in [0.1, 0.15) is 0 Å². The van der Waals surface area contributed by atoms with Gasteiger partial charge in [-0.2, -0.15) is 0 Å². The van der Waals surface area contributed by atoms with Gasteiger partial charge in [-0.3, -0.25) is 0 Å². The van der Waals surface area contributed by atoms with E-state index in [9.17, 15) is 5.11 Å². The summed E-state index contributed by atoms with van der Waals surface area (Å²) in [6.07, 6.45) is 2.15. The van der Waals surface area contributed by atoms with Crippen LogP contribution in [0.25, 0.3) is 0 Å². The van der Waals surface area contributed by atoms with Crippen molar-refractivity contribution in [2.24, 2.45) is 0 Å². The van der Waals surface area contributed by atoms with E-state index in [1.165, 1.54) is 11.1 Å². The zero-order chi connectivity index (χ0) is 12.5. The van der Waals surface area contributed by atoms with Crippen LogP contribution >= 0.6 is 0 Å². The number of benzene rings is 1. The molecular weight excluding hydrogens is 210 g/mol. The van der Waals surface area contributed by atoms with Crippen molar-refractivity contribution in [1.29, 1.82) is 0 Å². The number of fused-ring (bicyclic) bond motifs is 1. The molecular formula is C15H23NO. The van der Waals surface area contributed by atoms with E-state index >= 15 is 0 Å². The normalized spacial score (nSPS) is 28.2. The lowest BCUT2D eigenvalue weighted by Gasteiger charge is -2.42. The van der Waals surface area contributed by atoms with Gasteiger partial charge in [0.2, 0.25) is 0 Å². The molecule has 0 saturated carbocycles. The zero-order valence-electron chi connectivity index (χ0n) is 11.0. The first-order chi connectivity index (χ1) is 8.09. The van der Waals surface area contributed by atoms with Crippen LogP contribution in [0.2, 0.25) is 0 Å². The molecule has 0 aliphatic heterocycles. The van der Waals surface area contributed by atoms with E-state index in [2.05, 4.69) is 50.4 Å². The summed E-state index contributed by atoms with van der Waals surface area (Å²) in [7, 11) is 0. The lowest BCUT2D eigenvalue weighted by molar-refractivity contribution is 0.129. The summed E-state index contributed by atoms with van der Waals surface area (Å²) >= 11 is 0. The lowest BCUT2D eigenvalue weighted by atomic mass is 9.72. The first kappa shape index (κ1) is 12.6. The van der Waals surface area contributed by atoms with E-state index < -0.39 is 0 Å². The molecule has 2 rings (SSSR count). The maximum absolute atomic E-state index is 9.86. The Hall–Kier alpha value is -0.860. The SMILES string of the molecule is CC(C)NC1(CO)CCC(C)c2ccccc21. The number of hydrogen-bond donors (Lipinski definition) is 2. The first-order valence-corrected chi connectivity index (χ1v) is 6.57. The van der Waals surface area contributed by atoms with Crippen LogP contribution in [0.5, 0.6) is 0 Å². The third kappa shape index (κ3) is 2.24. The van der Waals surface area contributed by atoms with Gasteiger partial charge in [-0.15, -0.1) is 0 Å². The molecule has 0 aromatic heterocycles. The number of nitrogens with one attached hydrogen (secondary N) is 1. The van der Waals surface area contributed by atoms with E-state index in [1.54, 1.807) is 0 Å². The molecule has 2 unspecified atom stereocenters. The van der Waals surface area contributed by atoms with Crippen molar-refractivity contribution < 1.29 is 5.11 Å². The van der Waals surface area contributed by atoms with Gasteiger partial charge in [-0.05, 0) is 43.7 Å². The molecule has 1 aromatic rings. The molecule has 2 heteroatoms. The maximum atomic E-state index is 9.86. The van der Waals surface area contributed by atoms with Crippen LogP contribution in [0.15, 0.2) is 24.3 Å². The van der Waals surface area contributed by atoms with Crippen molar-refractivity contribution in [2.75, 3.05) is 6.61 Å². The largest absolute Gasteiger partial charge is 0.394 e. The molecule has 1 aliphatic carbocycles. The fourth-order valence-corrected chi connectivity index (χ4v) is 3.03. The summed E-state index contributed by atoms with van der Waals surface area (Å²) in [6, 6.07) is 8.91. The van der Waals surface area contributed by atoms with Gasteiger partial charge in [0.05, 0.1) is 12.1 Å². The minimum Gasteiger partial charge on any atom is -0.394 e. The smallest absolute Gasteiger partial charge is 0.0674 e. The van der Waals surface area contributed by atoms with Crippen LogP contribution in [-0.2, 0) is 5.54 Å². The molecule has 1 aliphatic rings. The van der Waals surface area contributed by atoms with Gasteiger partial charge in [0.15, 0.2) is 0 Å². The molecule has 2 N–H and O–H groups in total. The van der Waals surface area contributed by atoms with Gasteiger partial charge >= 0.3 is 0 Å². The summed E-state index contributed by atoms with van der Waals surface area (Å²) in [5.41, 5.74) is 2.44. The van der Waals surface area contributed by atoms with E-state index in [4.69, 9.17) is 0 Å². The molecule has 0 radical (unpaired) electrons. The Balaban J connectivity index is 2.45. The number of aliphatic hydroxyl groups is 1. The van der Waals surface area contributed by atoms with Crippen molar-refractivity contribution >= 4 is 0 Å². The van der Waals surface area contributed by atoms with Crippen LogP contribution in [0.1, 0.15) is 50.7 Å². The minimum absolute atomic E-state index is 0.176. The molecule has 17 heavy (non-hydrogen) atoms. The Morgan fingerprint density at radius 2 is 2.12 bits per heavy atom. The van der Waals surface area contributed by atoms with Crippen molar-refractivity contribution in [3.05, 3.63) is 35.4 Å². The summed E-state index contributed by atoms with van der Waals surface area (Å²) in [5, 5.41) is 13.4. The van der Waals surface area contributed by atoms with E-state index in [0.29, 0.717) is 12.0 Å². The summed E-state index contributed by atoms with van der Waals surface area (Å²) < 4.78 is 0. The number of hydrogen-bond acceptors (Lipinski definition) is 2. The molecule has 94 valence electrons. The standard InChI is InChI=1S/C15H23NO/c1-11(2)16-15(10-17)9-8-12(3)13-6-4-5-7-14(13)15/h4-7,11-12,16-17H,8-10H2,1-3H3. The van der Waals surface area contributed by atoms with Crippen molar-refractivity contribution in [1.82, 2.24) is 5.32 Å². The molecule has 0 fully saturated rings. The van der Waals surface area contributed by atoms with Crippen molar-refractivity contribution in [3.63, 3.8) is 0 Å². The number of aliphatic hydroxyl groups excluding tert-OH is 1. The molecule has 0 amide bonds. The summed E-state index contributed by atoms with van der Waals surface area (Å²) in [5.74, 6) is 0.597. The second-order valence-corrected chi connectivity index (χ2v) is 5.57. The first-order valence-electron chi connectivity index (χ1n) is 6.57. The molecule has 2 nitrogen and oxygen atoms in total. The summed E-state index contributed by atoms with van der Waals surface area (Å²) in [4.78, 5) is 0. The second kappa shape index (κ2) is 4.79. The van der Waals surface area contributed by atoms with E-state index in [-0.39, 0.29) is 12.1 Å². The Morgan fingerprint density at radius 3 is 2.76 bits per heavy atom. The third-order valence-electron chi connectivity index (χ3n) is 3.85. The highest BCUT2D eigenvalue weighted by molar-refractivity contribution is 5.38. The highest BCUT2D eigenvalue weighted by Crippen LogP contribution is 2.41. The molecule has 1 aromatic carbocycles. The van der Waals surface area contributed by atoms with E-state index in [1.807, 2.05) is 0 Å². The highest BCUT2D eigenvalue weighted by Gasteiger charge is 2.38. The molecule has 0 saturated heterocycles. The zero-order valence-corrected chi connectivity index (χ0v) is 11.0. The predicted octanol–water partition coefficient (Wildman–Crippen LogP) is 2.77. The summed E-state index contributed by atoms with van der Waals surface area (Å²) in [6.45, 7) is 6.72. The average Bonchev–Trinajstić information content (AvgIpc) is 2.33.